The van der Waals surface area contributed by atoms with Crippen molar-refractivity contribution in [2.75, 3.05) is 0 Å². The highest BCUT2D eigenvalue weighted by atomic mass is 32.2. The van der Waals surface area contributed by atoms with E-state index in [1.807, 2.05) is 0 Å². The predicted molar refractivity (Wildman–Crippen MR) is 74.4 cm³/mol. The van der Waals surface area contributed by atoms with Gasteiger partial charge in [0.15, 0.2) is 11.6 Å². The molecule has 0 aliphatic carbocycles. The molecule has 1 aromatic carbocycles. The third-order valence-corrected chi connectivity index (χ3v) is 3.79. The summed E-state index contributed by atoms with van der Waals surface area (Å²) in [6.07, 6.45) is 0. The number of carbonyl (C=O) groups is 1. The summed E-state index contributed by atoms with van der Waals surface area (Å²) < 4.78 is 26.0. The summed E-state index contributed by atoms with van der Waals surface area (Å²) in [4.78, 5) is 19.4. The van der Waals surface area contributed by atoms with E-state index in [-0.39, 0.29) is 11.3 Å². The van der Waals surface area contributed by atoms with Gasteiger partial charge in [-0.05, 0) is 31.5 Å². The largest absolute Gasteiger partial charge is 0.478 e. The van der Waals surface area contributed by atoms with Crippen LogP contribution in [0.1, 0.15) is 27.4 Å². The molecular formula is C14H12F2N2O2S. The van der Waals surface area contributed by atoms with E-state index in [2.05, 4.69) is 9.97 Å². The predicted octanol–water partition coefficient (Wildman–Crippen LogP) is 3.36. The van der Waals surface area contributed by atoms with Crippen LogP contribution in [-0.4, -0.2) is 21.0 Å². The summed E-state index contributed by atoms with van der Waals surface area (Å²) in [6.45, 7) is 3.26. The molecule has 1 aromatic heterocycles. The van der Waals surface area contributed by atoms with Gasteiger partial charge in [0.05, 0.1) is 5.69 Å². The van der Waals surface area contributed by atoms with Crippen molar-refractivity contribution >= 4 is 17.7 Å². The molecule has 0 radical (unpaired) electrons. The lowest BCUT2D eigenvalue weighted by atomic mass is 10.2. The van der Waals surface area contributed by atoms with E-state index in [4.69, 9.17) is 0 Å². The molecule has 0 saturated heterocycles. The molecule has 21 heavy (non-hydrogen) atoms. The average molecular weight is 310 g/mol. The second kappa shape index (κ2) is 6.17. The van der Waals surface area contributed by atoms with Gasteiger partial charge in [-0.15, -0.1) is 11.8 Å². The minimum Gasteiger partial charge on any atom is -0.478 e. The number of benzene rings is 1. The normalized spacial score (nSPS) is 10.7. The third kappa shape index (κ3) is 3.55. The molecule has 4 nitrogen and oxygen atoms in total. The molecule has 0 fully saturated rings. The third-order valence-electron chi connectivity index (χ3n) is 2.74. The lowest BCUT2D eigenvalue weighted by molar-refractivity contribution is 0.0690. The molecular weight excluding hydrogens is 298 g/mol. The molecule has 2 rings (SSSR count). The van der Waals surface area contributed by atoms with Crippen molar-refractivity contribution in [2.24, 2.45) is 0 Å². The van der Waals surface area contributed by atoms with Crippen molar-refractivity contribution in [3.63, 3.8) is 0 Å². The molecule has 0 aliphatic heterocycles. The van der Waals surface area contributed by atoms with Gasteiger partial charge in [0, 0.05) is 5.75 Å². The molecule has 2 aromatic rings. The van der Waals surface area contributed by atoms with Crippen LogP contribution in [0.25, 0.3) is 0 Å². The Kier molecular flexibility index (Phi) is 4.52. The van der Waals surface area contributed by atoms with E-state index in [0.717, 1.165) is 23.9 Å². The molecule has 0 amide bonds. The van der Waals surface area contributed by atoms with Crippen molar-refractivity contribution < 1.29 is 18.7 Å². The zero-order chi connectivity index (χ0) is 15.6. The number of rotatable bonds is 4. The number of aryl methyl sites for hydroxylation is 2. The van der Waals surface area contributed by atoms with Crippen molar-refractivity contribution in [3.05, 3.63) is 52.5 Å². The van der Waals surface area contributed by atoms with Crippen LogP contribution < -0.4 is 0 Å². The molecule has 0 saturated carbocycles. The highest BCUT2D eigenvalue weighted by Gasteiger charge is 2.17. The van der Waals surface area contributed by atoms with Gasteiger partial charge in [0.25, 0.3) is 0 Å². The number of hydrogen-bond donors (Lipinski definition) is 1. The topological polar surface area (TPSA) is 63.1 Å². The molecule has 0 bridgehead atoms. The van der Waals surface area contributed by atoms with Gasteiger partial charge < -0.3 is 5.11 Å². The molecule has 0 atom stereocenters. The van der Waals surface area contributed by atoms with Crippen LogP contribution in [0.15, 0.2) is 23.2 Å². The Morgan fingerprint density at radius 2 is 1.95 bits per heavy atom. The van der Waals surface area contributed by atoms with Crippen LogP contribution in [0.4, 0.5) is 8.78 Å². The lowest BCUT2D eigenvalue weighted by Crippen LogP contribution is -2.08. The Morgan fingerprint density at radius 1 is 1.24 bits per heavy atom. The summed E-state index contributed by atoms with van der Waals surface area (Å²) in [7, 11) is 0. The Balaban J connectivity index is 2.27. The maximum absolute atomic E-state index is 13.1. The Bertz CT molecular complexity index is 708. The van der Waals surface area contributed by atoms with Gasteiger partial charge in [0.1, 0.15) is 16.4 Å². The van der Waals surface area contributed by atoms with Gasteiger partial charge in [-0.25, -0.2) is 23.5 Å². The molecule has 0 aliphatic rings. The second-order valence-electron chi connectivity index (χ2n) is 4.38. The number of halogens is 2. The molecule has 0 unspecified atom stereocenters. The Labute approximate surface area is 124 Å². The first-order valence-corrected chi connectivity index (χ1v) is 7.02. The summed E-state index contributed by atoms with van der Waals surface area (Å²) >= 11 is 1.15. The van der Waals surface area contributed by atoms with Crippen LogP contribution in [0, 0.1) is 25.5 Å². The van der Waals surface area contributed by atoms with E-state index in [0.29, 0.717) is 22.1 Å². The van der Waals surface area contributed by atoms with Crippen molar-refractivity contribution in [2.45, 2.75) is 24.6 Å². The van der Waals surface area contributed by atoms with Crippen LogP contribution in [-0.2, 0) is 5.75 Å². The maximum Gasteiger partial charge on any atom is 0.340 e. The zero-order valence-corrected chi connectivity index (χ0v) is 12.2. The van der Waals surface area contributed by atoms with E-state index in [9.17, 15) is 18.7 Å². The first-order chi connectivity index (χ1) is 9.88. The number of thioether (sulfide) groups is 1. The first-order valence-electron chi connectivity index (χ1n) is 6.03. The molecule has 110 valence electrons. The Hall–Kier alpha value is -2.02. The highest BCUT2D eigenvalue weighted by molar-refractivity contribution is 7.98. The van der Waals surface area contributed by atoms with Gasteiger partial charge >= 0.3 is 5.97 Å². The fraction of sp³-hybridized carbons (Fsp3) is 0.214. The van der Waals surface area contributed by atoms with Crippen molar-refractivity contribution in [1.82, 2.24) is 9.97 Å². The molecule has 0 spiro atoms. The standard InChI is InChI=1S/C14H12F2N2O2S/c1-7-12(14(19)20)13(18-8(2)17-7)21-6-9-3-4-10(15)11(16)5-9/h3-5H,6H2,1-2H3,(H,19,20). The van der Waals surface area contributed by atoms with Crippen LogP contribution in [0.5, 0.6) is 0 Å². The number of carboxylic acids is 1. The smallest absolute Gasteiger partial charge is 0.340 e. The highest BCUT2D eigenvalue weighted by Crippen LogP contribution is 2.26. The van der Waals surface area contributed by atoms with Crippen LogP contribution in [0.2, 0.25) is 0 Å². The number of aromatic nitrogens is 2. The number of carboxylic acid groups (broad SMARTS) is 1. The Morgan fingerprint density at radius 3 is 2.57 bits per heavy atom. The average Bonchev–Trinajstić information content (AvgIpc) is 2.38. The fourth-order valence-electron chi connectivity index (χ4n) is 1.81. The molecule has 1 N–H and O–H groups in total. The summed E-state index contributed by atoms with van der Waals surface area (Å²) in [6, 6.07) is 3.58. The SMILES string of the molecule is Cc1nc(C)c(C(=O)O)c(SCc2ccc(F)c(F)c2)n1. The van der Waals surface area contributed by atoms with E-state index in [1.165, 1.54) is 6.07 Å². The zero-order valence-electron chi connectivity index (χ0n) is 11.4. The van der Waals surface area contributed by atoms with E-state index < -0.39 is 17.6 Å². The minimum atomic E-state index is -1.11. The minimum absolute atomic E-state index is 0.0354. The molecule has 1 heterocycles. The van der Waals surface area contributed by atoms with Crippen molar-refractivity contribution in [1.29, 1.82) is 0 Å². The van der Waals surface area contributed by atoms with Gasteiger partial charge in [-0.1, -0.05) is 6.07 Å². The summed E-state index contributed by atoms with van der Waals surface area (Å²) in [5.74, 6) is -2.20. The van der Waals surface area contributed by atoms with Crippen molar-refractivity contribution in [3.8, 4) is 0 Å². The maximum atomic E-state index is 13.1. The lowest BCUT2D eigenvalue weighted by Gasteiger charge is -2.08. The number of hydrogen-bond acceptors (Lipinski definition) is 4. The monoisotopic (exact) mass is 310 g/mol. The van der Waals surface area contributed by atoms with E-state index >= 15 is 0 Å². The fourth-order valence-corrected chi connectivity index (χ4v) is 2.87. The van der Waals surface area contributed by atoms with Crippen LogP contribution >= 0.6 is 11.8 Å². The van der Waals surface area contributed by atoms with Gasteiger partial charge in [0.2, 0.25) is 0 Å². The summed E-state index contributed by atoms with van der Waals surface area (Å²) in [5, 5.41) is 9.53. The van der Waals surface area contributed by atoms with Crippen LogP contribution in [0.3, 0.4) is 0 Å². The molecule has 7 heteroatoms. The van der Waals surface area contributed by atoms with E-state index in [1.54, 1.807) is 13.8 Å². The van der Waals surface area contributed by atoms with Gasteiger partial charge in [-0.3, -0.25) is 0 Å². The second-order valence-corrected chi connectivity index (χ2v) is 5.34. The number of aromatic carboxylic acids is 1. The first kappa shape index (κ1) is 15.4. The van der Waals surface area contributed by atoms with Gasteiger partial charge in [-0.2, -0.15) is 0 Å². The summed E-state index contributed by atoms with van der Waals surface area (Å²) in [5.41, 5.74) is 0.958. The number of nitrogens with zero attached hydrogens (tertiary/aromatic N) is 2. The quantitative estimate of drug-likeness (QED) is 0.693.